The lowest BCUT2D eigenvalue weighted by molar-refractivity contribution is 0.0703. The van der Waals surface area contributed by atoms with Crippen molar-refractivity contribution in [3.05, 3.63) is 59.5 Å². The smallest absolute Gasteiger partial charge is 0.290 e. The largest absolute Gasteiger partial charge is 0.459 e. The molecular formula is C16H17NO2. The van der Waals surface area contributed by atoms with E-state index in [0.717, 1.165) is 19.4 Å². The van der Waals surface area contributed by atoms with Crippen molar-refractivity contribution in [3.8, 4) is 0 Å². The first kappa shape index (κ1) is 12.0. The number of benzene rings is 1. The number of hydrogen-bond acceptors (Lipinski definition) is 2. The van der Waals surface area contributed by atoms with E-state index in [1.54, 1.807) is 18.4 Å². The lowest BCUT2D eigenvalue weighted by atomic mass is 10.0. The molecule has 98 valence electrons. The zero-order valence-electron chi connectivity index (χ0n) is 11.0. The Balaban J connectivity index is 1.88. The van der Waals surface area contributed by atoms with E-state index in [9.17, 15) is 4.79 Å². The van der Waals surface area contributed by atoms with E-state index in [1.807, 2.05) is 4.90 Å². The fourth-order valence-corrected chi connectivity index (χ4v) is 2.78. The van der Waals surface area contributed by atoms with E-state index >= 15 is 0 Å². The number of hydrogen-bond donors (Lipinski definition) is 0. The van der Waals surface area contributed by atoms with Gasteiger partial charge < -0.3 is 9.32 Å². The molecule has 0 spiro atoms. The quantitative estimate of drug-likeness (QED) is 0.822. The Bertz CT molecular complexity index is 574. The molecule has 1 atom stereocenters. The Hall–Kier alpha value is -2.03. The third kappa shape index (κ3) is 2.28. The van der Waals surface area contributed by atoms with Crippen LogP contribution in [0.2, 0.25) is 0 Å². The van der Waals surface area contributed by atoms with Gasteiger partial charge in [-0.25, -0.2) is 0 Å². The molecule has 1 amide bonds. The van der Waals surface area contributed by atoms with Crippen LogP contribution in [0, 0.1) is 6.92 Å². The van der Waals surface area contributed by atoms with E-state index in [4.69, 9.17) is 4.42 Å². The zero-order chi connectivity index (χ0) is 13.2. The number of amides is 1. The summed E-state index contributed by atoms with van der Waals surface area (Å²) in [5.41, 5.74) is 2.45. The molecule has 0 bridgehead atoms. The van der Waals surface area contributed by atoms with Gasteiger partial charge in [0.05, 0.1) is 12.3 Å². The highest BCUT2D eigenvalue weighted by atomic mass is 16.3. The van der Waals surface area contributed by atoms with Crippen LogP contribution in [0.15, 0.2) is 47.1 Å². The van der Waals surface area contributed by atoms with Crippen molar-refractivity contribution >= 4 is 5.91 Å². The Morgan fingerprint density at radius 3 is 2.95 bits per heavy atom. The second-order valence-corrected chi connectivity index (χ2v) is 5.05. The Kier molecular flexibility index (Phi) is 3.11. The second kappa shape index (κ2) is 4.92. The number of carbonyl (C=O) groups is 1. The van der Waals surface area contributed by atoms with Crippen LogP contribution in [0.25, 0.3) is 0 Å². The molecule has 1 aromatic carbocycles. The van der Waals surface area contributed by atoms with Crippen molar-refractivity contribution in [3.63, 3.8) is 0 Å². The van der Waals surface area contributed by atoms with Crippen molar-refractivity contribution in [2.24, 2.45) is 0 Å². The summed E-state index contributed by atoms with van der Waals surface area (Å²) in [5, 5.41) is 0. The summed E-state index contributed by atoms with van der Waals surface area (Å²) < 4.78 is 5.22. The van der Waals surface area contributed by atoms with Gasteiger partial charge in [0.1, 0.15) is 0 Å². The number of furan rings is 1. The summed E-state index contributed by atoms with van der Waals surface area (Å²) in [6.07, 6.45) is 3.62. The second-order valence-electron chi connectivity index (χ2n) is 5.05. The monoisotopic (exact) mass is 255 g/mol. The van der Waals surface area contributed by atoms with Gasteiger partial charge in [0.2, 0.25) is 0 Å². The molecule has 2 heterocycles. The van der Waals surface area contributed by atoms with Gasteiger partial charge in [-0.05, 0) is 37.5 Å². The molecule has 1 aliphatic rings. The zero-order valence-corrected chi connectivity index (χ0v) is 11.0. The van der Waals surface area contributed by atoms with Crippen LogP contribution >= 0.6 is 0 Å². The molecule has 0 N–H and O–H groups in total. The predicted molar refractivity (Wildman–Crippen MR) is 72.9 cm³/mol. The SMILES string of the molecule is Cc1cccc(C2CCCN2C(=O)c2ccco2)c1. The maximum absolute atomic E-state index is 12.4. The molecule has 1 saturated heterocycles. The molecule has 2 aromatic rings. The van der Waals surface area contributed by atoms with Gasteiger partial charge in [0, 0.05) is 6.54 Å². The van der Waals surface area contributed by atoms with Crippen LogP contribution in [-0.4, -0.2) is 17.4 Å². The number of likely N-dealkylation sites (tertiary alicyclic amines) is 1. The number of nitrogens with zero attached hydrogens (tertiary/aromatic N) is 1. The minimum Gasteiger partial charge on any atom is -0.459 e. The van der Waals surface area contributed by atoms with Crippen molar-refractivity contribution in [1.82, 2.24) is 4.90 Å². The molecule has 0 aliphatic carbocycles. The van der Waals surface area contributed by atoms with Crippen molar-refractivity contribution in [1.29, 1.82) is 0 Å². The molecule has 1 aliphatic heterocycles. The number of aryl methyl sites for hydroxylation is 1. The summed E-state index contributed by atoms with van der Waals surface area (Å²) >= 11 is 0. The van der Waals surface area contributed by atoms with Gasteiger partial charge in [-0.1, -0.05) is 29.8 Å². The van der Waals surface area contributed by atoms with Crippen LogP contribution in [-0.2, 0) is 0 Å². The van der Waals surface area contributed by atoms with Crippen molar-refractivity contribution in [2.75, 3.05) is 6.54 Å². The first-order valence-corrected chi connectivity index (χ1v) is 6.67. The van der Waals surface area contributed by atoms with E-state index in [0.29, 0.717) is 5.76 Å². The Morgan fingerprint density at radius 2 is 2.21 bits per heavy atom. The fraction of sp³-hybridized carbons (Fsp3) is 0.312. The topological polar surface area (TPSA) is 33.5 Å². The van der Waals surface area contributed by atoms with E-state index < -0.39 is 0 Å². The minimum atomic E-state index is -0.00555. The highest BCUT2D eigenvalue weighted by molar-refractivity contribution is 5.91. The van der Waals surface area contributed by atoms with Gasteiger partial charge in [0.15, 0.2) is 5.76 Å². The summed E-state index contributed by atoms with van der Waals surface area (Å²) in [6.45, 7) is 2.88. The number of carbonyl (C=O) groups excluding carboxylic acids is 1. The van der Waals surface area contributed by atoms with E-state index in [2.05, 4.69) is 31.2 Å². The predicted octanol–water partition coefficient (Wildman–Crippen LogP) is 3.57. The Labute approximate surface area is 112 Å². The maximum atomic E-state index is 12.4. The summed E-state index contributed by atoms with van der Waals surface area (Å²) in [7, 11) is 0. The molecule has 1 fully saturated rings. The molecule has 3 nitrogen and oxygen atoms in total. The van der Waals surface area contributed by atoms with Crippen molar-refractivity contribution < 1.29 is 9.21 Å². The van der Waals surface area contributed by atoms with Crippen LogP contribution in [0.5, 0.6) is 0 Å². The van der Waals surface area contributed by atoms with E-state index in [1.165, 1.54) is 11.1 Å². The molecule has 3 heteroatoms. The number of rotatable bonds is 2. The first-order valence-electron chi connectivity index (χ1n) is 6.67. The third-order valence-corrected chi connectivity index (χ3v) is 3.67. The molecule has 0 saturated carbocycles. The van der Waals surface area contributed by atoms with Gasteiger partial charge in [-0.2, -0.15) is 0 Å². The van der Waals surface area contributed by atoms with Crippen LogP contribution in [0.4, 0.5) is 0 Å². The highest BCUT2D eigenvalue weighted by Gasteiger charge is 2.31. The summed E-state index contributed by atoms with van der Waals surface area (Å²) in [5.74, 6) is 0.425. The van der Waals surface area contributed by atoms with Crippen LogP contribution in [0.1, 0.15) is 40.6 Å². The molecule has 1 unspecified atom stereocenters. The van der Waals surface area contributed by atoms with Crippen LogP contribution in [0.3, 0.4) is 0 Å². The maximum Gasteiger partial charge on any atom is 0.290 e. The molecule has 1 aromatic heterocycles. The van der Waals surface area contributed by atoms with Crippen molar-refractivity contribution in [2.45, 2.75) is 25.8 Å². The lowest BCUT2D eigenvalue weighted by Gasteiger charge is -2.24. The standard InChI is InChI=1S/C16H17NO2/c1-12-5-2-6-13(11-12)14-7-3-9-17(14)16(18)15-8-4-10-19-15/h2,4-6,8,10-11,14H,3,7,9H2,1H3. The van der Waals surface area contributed by atoms with Gasteiger partial charge in [-0.3, -0.25) is 4.79 Å². The molecule has 3 rings (SSSR count). The normalized spacial score (nSPS) is 18.8. The highest BCUT2D eigenvalue weighted by Crippen LogP contribution is 2.33. The van der Waals surface area contributed by atoms with E-state index in [-0.39, 0.29) is 11.9 Å². The fourth-order valence-electron chi connectivity index (χ4n) is 2.78. The third-order valence-electron chi connectivity index (χ3n) is 3.67. The average molecular weight is 255 g/mol. The molecular weight excluding hydrogens is 238 g/mol. The summed E-state index contributed by atoms with van der Waals surface area (Å²) in [6, 6.07) is 12.1. The summed E-state index contributed by atoms with van der Waals surface area (Å²) in [4.78, 5) is 14.3. The minimum absolute atomic E-state index is 0.00555. The molecule has 0 radical (unpaired) electrons. The Morgan fingerprint density at radius 1 is 1.32 bits per heavy atom. The lowest BCUT2D eigenvalue weighted by Crippen LogP contribution is -2.30. The van der Waals surface area contributed by atoms with Gasteiger partial charge >= 0.3 is 0 Å². The van der Waals surface area contributed by atoms with Gasteiger partial charge in [-0.15, -0.1) is 0 Å². The van der Waals surface area contributed by atoms with Gasteiger partial charge in [0.25, 0.3) is 5.91 Å². The first-order chi connectivity index (χ1) is 9.25. The average Bonchev–Trinajstić information content (AvgIpc) is 3.09. The van der Waals surface area contributed by atoms with Crippen LogP contribution < -0.4 is 0 Å². The molecule has 19 heavy (non-hydrogen) atoms.